The molecule has 0 aliphatic carbocycles. The highest BCUT2D eigenvalue weighted by Crippen LogP contribution is 2.27. The molecule has 0 spiro atoms. The number of hydrogen-bond acceptors (Lipinski definition) is 4. The minimum absolute atomic E-state index is 0.195. The van der Waals surface area contributed by atoms with Crippen molar-refractivity contribution in [1.29, 1.82) is 0 Å². The molecular formula is C17H16ClFN2O4. The van der Waals surface area contributed by atoms with Crippen molar-refractivity contribution in [3.63, 3.8) is 0 Å². The first kappa shape index (κ1) is 18.5. The molecule has 0 radical (unpaired) electrons. The van der Waals surface area contributed by atoms with Crippen LogP contribution in [0.5, 0.6) is 5.75 Å². The van der Waals surface area contributed by atoms with Gasteiger partial charge in [0.15, 0.2) is 0 Å². The number of carboxylic acid groups (broad SMARTS) is 1. The topological polar surface area (TPSA) is 87.7 Å². The molecule has 0 unspecified atom stereocenters. The molecule has 0 bridgehead atoms. The smallest absolute Gasteiger partial charge is 0.322 e. The standard InChI is InChI=1S/C17H16ClFN2O4/c1-25-15-6-11(14(19)7-13(15)18)8-20-12-4-2-10(3-5-12)17(24)21-9-16(22)23/h2-7,20H,8-9H2,1H3,(H,21,24)(H,22,23). The average molecular weight is 367 g/mol. The fourth-order valence-electron chi connectivity index (χ4n) is 2.06. The number of carboxylic acids is 1. The first-order valence-electron chi connectivity index (χ1n) is 7.26. The maximum atomic E-state index is 13.9. The van der Waals surface area contributed by atoms with E-state index in [1.165, 1.54) is 31.4 Å². The van der Waals surface area contributed by atoms with Crippen LogP contribution in [-0.2, 0) is 11.3 Å². The van der Waals surface area contributed by atoms with Gasteiger partial charge in [-0.3, -0.25) is 9.59 Å². The van der Waals surface area contributed by atoms with Gasteiger partial charge in [0, 0.05) is 23.4 Å². The summed E-state index contributed by atoms with van der Waals surface area (Å²) < 4.78 is 19.0. The maximum Gasteiger partial charge on any atom is 0.322 e. The minimum Gasteiger partial charge on any atom is -0.495 e. The zero-order valence-electron chi connectivity index (χ0n) is 13.3. The van der Waals surface area contributed by atoms with Crippen molar-refractivity contribution in [2.45, 2.75) is 6.54 Å². The van der Waals surface area contributed by atoms with E-state index in [1.807, 2.05) is 0 Å². The first-order chi connectivity index (χ1) is 11.9. The number of ether oxygens (including phenoxy) is 1. The Hall–Kier alpha value is -2.80. The number of carbonyl (C=O) groups is 2. The monoisotopic (exact) mass is 366 g/mol. The van der Waals surface area contributed by atoms with Gasteiger partial charge in [-0.05, 0) is 36.4 Å². The van der Waals surface area contributed by atoms with Crippen LogP contribution in [0.1, 0.15) is 15.9 Å². The third kappa shape index (κ3) is 5.09. The summed E-state index contributed by atoms with van der Waals surface area (Å²) >= 11 is 5.85. The molecule has 0 fully saturated rings. The van der Waals surface area contributed by atoms with Crippen LogP contribution < -0.4 is 15.4 Å². The summed E-state index contributed by atoms with van der Waals surface area (Å²) in [6.07, 6.45) is 0. The lowest BCUT2D eigenvalue weighted by atomic mass is 10.1. The second kappa shape index (κ2) is 8.34. The SMILES string of the molecule is COc1cc(CNc2ccc(C(=O)NCC(=O)O)cc2)c(F)cc1Cl. The van der Waals surface area contributed by atoms with Gasteiger partial charge in [-0.15, -0.1) is 0 Å². The lowest BCUT2D eigenvalue weighted by molar-refractivity contribution is -0.135. The van der Waals surface area contributed by atoms with Gasteiger partial charge < -0.3 is 20.5 Å². The Kier molecular flexibility index (Phi) is 6.19. The van der Waals surface area contributed by atoms with E-state index in [4.69, 9.17) is 21.4 Å². The third-order valence-electron chi connectivity index (χ3n) is 3.35. The van der Waals surface area contributed by atoms with Crippen LogP contribution in [0.2, 0.25) is 5.02 Å². The van der Waals surface area contributed by atoms with Gasteiger partial charge in [0.05, 0.1) is 12.1 Å². The molecule has 0 aromatic heterocycles. The zero-order valence-corrected chi connectivity index (χ0v) is 14.1. The summed E-state index contributed by atoms with van der Waals surface area (Å²) in [4.78, 5) is 22.1. The van der Waals surface area contributed by atoms with Crippen LogP contribution in [0.15, 0.2) is 36.4 Å². The summed E-state index contributed by atoms with van der Waals surface area (Å²) in [5, 5.41) is 14.0. The van der Waals surface area contributed by atoms with Gasteiger partial charge in [-0.1, -0.05) is 11.6 Å². The van der Waals surface area contributed by atoms with Crippen molar-refractivity contribution in [2.75, 3.05) is 19.0 Å². The van der Waals surface area contributed by atoms with Gasteiger partial charge >= 0.3 is 5.97 Å². The summed E-state index contributed by atoms with van der Waals surface area (Å²) in [6, 6.07) is 9.06. The molecule has 25 heavy (non-hydrogen) atoms. The van der Waals surface area contributed by atoms with Crippen molar-refractivity contribution in [2.24, 2.45) is 0 Å². The molecule has 0 saturated carbocycles. The molecule has 0 aliphatic rings. The van der Waals surface area contributed by atoms with Crippen molar-refractivity contribution >= 4 is 29.2 Å². The quantitative estimate of drug-likeness (QED) is 0.701. The Labute approximate surface area is 148 Å². The second-order valence-electron chi connectivity index (χ2n) is 5.09. The van der Waals surface area contributed by atoms with Crippen molar-refractivity contribution in [3.05, 3.63) is 58.4 Å². The van der Waals surface area contributed by atoms with E-state index in [0.29, 0.717) is 22.6 Å². The van der Waals surface area contributed by atoms with E-state index in [-0.39, 0.29) is 11.6 Å². The highest BCUT2D eigenvalue weighted by Gasteiger charge is 2.10. The van der Waals surface area contributed by atoms with E-state index in [0.717, 1.165) is 0 Å². The number of methoxy groups -OCH3 is 1. The number of halogens is 2. The van der Waals surface area contributed by atoms with Crippen LogP contribution in [0.3, 0.4) is 0 Å². The Balaban J connectivity index is 2.00. The molecule has 0 atom stereocenters. The fraction of sp³-hybridized carbons (Fsp3) is 0.176. The molecule has 2 rings (SSSR count). The molecule has 0 aliphatic heterocycles. The van der Waals surface area contributed by atoms with Gasteiger partial charge in [0.25, 0.3) is 5.91 Å². The van der Waals surface area contributed by atoms with E-state index in [9.17, 15) is 14.0 Å². The van der Waals surface area contributed by atoms with E-state index in [2.05, 4.69) is 10.6 Å². The fourth-order valence-corrected chi connectivity index (χ4v) is 2.29. The predicted molar refractivity (Wildman–Crippen MR) is 91.7 cm³/mol. The normalized spacial score (nSPS) is 10.2. The average Bonchev–Trinajstić information content (AvgIpc) is 2.59. The minimum atomic E-state index is -1.12. The number of anilines is 1. The zero-order chi connectivity index (χ0) is 18.4. The largest absolute Gasteiger partial charge is 0.495 e. The summed E-state index contributed by atoms with van der Waals surface area (Å²) in [6.45, 7) is -0.250. The number of amides is 1. The van der Waals surface area contributed by atoms with Crippen LogP contribution in [0, 0.1) is 5.82 Å². The summed E-state index contributed by atoms with van der Waals surface area (Å²) in [7, 11) is 1.45. The van der Waals surface area contributed by atoms with Gasteiger partial charge in [-0.25, -0.2) is 4.39 Å². The van der Waals surface area contributed by atoms with Crippen LogP contribution >= 0.6 is 11.6 Å². The summed E-state index contributed by atoms with van der Waals surface area (Å²) in [5.74, 6) is -1.68. The lowest BCUT2D eigenvalue weighted by Gasteiger charge is -2.11. The summed E-state index contributed by atoms with van der Waals surface area (Å²) in [5.41, 5.74) is 1.37. The number of rotatable bonds is 7. The van der Waals surface area contributed by atoms with E-state index < -0.39 is 24.2 Å². The molecule has 8 heteroatoms. The Morgan fingerprint density at radius 1 is 1.24 bits per heavy atom. The van der Waals surface area contributed by atoms with Crippen LogP contribution in [0.25, 0.3) is 0 Å². The highest BCUT2D eigenvalue weighted by atomic mass is 35.5. The van der Waals surface area contributed by atoms with E-state index >= 15 is 0 Å². The lowest BCUT2D eigenvalue weighted by Crippen LogP contribution is -2.29. The Morgan fingerprint density at radius 3 is 2.52 bits per heavy atom. The van der Waals surface area contributed by atoms with Gasteiger partial charge in [0.2, 0.25) is 0 Å². The molecule has 2 aromatic carbocycles. The molecule has 6 nitrogen and oxygen atoms in total. The number of carbonyl (C=O) groups excluding carboxylic acids is 1. The molecule has 2 aromatic rings. The van der Waals surface area contributed by atoms with Crippen molar-refractivity contribution < 1.29 is 23.8 Å². The molecule has 1 amide bonds. The van der Waals surface area contributed by atoms with Crippen LogP contribution in [-0.4, -0.2) is 30.6 Å². The van der Waals surface area contributed by atoms with E-state index in [1.54, 1.807) is 12.1 Å². The second-order valence-corrected chi connectivity index (χ2v) is 5.49. The first-order valence-corrected chi connectivity index (χ1v) is 7.64. The Bertz CT molecular complexity index is 781. The Morgan fingerprint density at radius 2 is 1.92 bits per heavy atom. The number of nitrogens with one attached hydrogen (secondary N) is 2. The number of hydrogen-bond donors (Lipinski definition) is 3. The molecule has 132 valence electrons. The maximum absolute atomic E-state index is 13.9. The predicted octanol–water partition coefficient (Wildman–Crippen LogP) is 2.91. The van der Waals surface area contributed by atoms with Gasteiger partial charge in [-0.2, -0.15) is 0 Å². The third-order valence-corrected chi connectivity index (χ3v) is 3.65. The van der Waals surface area contributed by atoms with Crippen molar-refractivity contribution in [3.8, 4) is 5.75 Å². The molecule has 0 saturated heterocycles. The van der Waals surface area contributed by atoms with Crippen molar-refractivity contribution in [1.82, 2.24) is 5.32 Å². The molecule has 3 N–H and O–H groups in total. The number of aliphatic carboxylic acids is 1. The van der Waals surface area contributed by atoms with Gasteiger partial charge in [0.1, 0.15) is 18.1 Å². The number of benzene rings is 2. The molecular weight excluding hydrogens is 351 g/mol. The highest BCUT2D eigenvalue weighted by molar-refractivity contribution is 6.32. The molecule has 0 heterocycles. The van der Waals surface area contributed by atoms with Crippen LogP contribution in [0.4, 0.5) is 10.1 Å².